The van der Waals surface area contributed by atoms with Crippen LogP contribution in [-0.4, -0.2) is 34.7 Å². The Balaban J connectivity index is 1.65. The van der Waals surface area contributed by atoms with Crippen LogP contribution >= 0.6 is 15.9 Å². The molecule has 0 aliphatic carbocycles. The maximum Gasteiger partial charge on any atom is 0.222 e. The molecule has 1 aromatic carbocycles. The lowest BCUT2D eigenvalue weighted by molar-refractivity contribution is -0.130. The van der Waals surface area contributed by atoms with E-state index in [0.29, 0.717) is 26.0 Å². The van der Waals surface area contributed by atoms with Crippen LogP contribution < -0.4 is 4.74 Å². The van der Waals surface area contributed by atoms with Gasteiger partial charge >= 0.3 is 0 Å². The number of aromatic nitrogens is 2. The van der Waals surface area contributed by atoms with Gasteiger partial charge in [0.2, 0.25) is 5.91 Å². The first-order chi connectivity index (χ1) is 10.1. The number of rotatable bonds is 7. The number of nitrogens with one attached hydrogen (secondary N) is 1. The molecule has 2 aromatic rings. The fourth-order valence-corrected chi connectivity index (χ4v) is 2.13. The Labute approximate surface area is 132 Å². The summed E-state index contributed by atoms with van der Waals surface area (Å²) in [6.07, 6.45) is 4.69. The Hall–Kier alpha value is -1.82. The van der Waals surface area contributed by atoms with Crippen LogP contribution in [-0.2, 0) is 11.3 Å². The predicted molar refractivity (Wildman–Crippen MR) is 83.9 cm³/mol. The number of amides is 1. The largest absolute Gasteiger partial charge is 0.494 e. The molecule has 0 fully saturated rings. The lowest BCUT2D eigenvalue weighted by Gasteiger charge is -2.16. The van der Waals surface area contributed by atoms with Crippen molar-refractivity contribution in [1.82, 2.24) is 15.1 Å². The minimum absolute atomic E-state index is 0.107. The molecule has 0 aliphatic heterocycles. The first-order valence-electron chi connectivity index (χ1n) is 6.75. The molecule has 0 saturated heterocycles. The molecule has 0 radical (unpaired) electrons. The average Bonchev–Trinajstić information content (AvgIpc) is 2.98. The highest BCUT2D eigenvalue weighted by Gasteiger charge is 2.09. The monoisotopic (exact) mass is 351 g/mol. The Morgan fingerprint density at radius 2 is 2.14 bits per heavy atom. The molecular weight excluding hydrogens is 334 g/mol. The standard InChI is InChI=1S/C15H18BrN3O2/c1-19(11-12-9-17-18-10-12)15(20)3-2-8-21-14-6-4-13(16)5-7-14/h4-7,9-10H,2-3,8,11H2,1H3,(H,17,18). The maximum absolute atomic E-state index is 12.0. The predicted octanol–water partition coefficient (Wildman–Crippen LogP) is 2.99. The maximum atomic E-state index is 12.0. The van der Waals surface area contributed by atoms with E-state index in [1.54, 1.807) is 24.3 Å². The smallest absolute Gasteiger partial charge is 0.222 e. The van der Waals surface area contributed by atoms with Gasteiger partial charge in [-0.3, -0.25) is 9.89 Å². The van der Waals surface area contributed by atoms with Crippen molar-refractivity contribution in [3.8, 4) is 5.75 Å². The third-order valence-electron chi connectivity index (χ3n) is 3.02. The SMILES string of the molecule is CN(Cc1cn[nH]c1)C(=O)CCCOc1ccc(Br)cc1. The number of aromatic amines is 1. The first kappa shape index (κ1) is 15.6. The third-order valence-corrected chi connectivity index (χ3v) is 3.55. The molecule has 0 bridgehead atoms. The molecule has 1 N–H and O–H groups in total. The molecule has 1 amide bonds. The lowest BCUT2D eigenvalue weighted by atomic mass is 10.2. The van der Waals surface area contributed by atoms with Crippen LogP contribution in [0.4, 0.5) is 0 Å². The van der Waals surface area contributed by atoms with Crippen LogP contribution in [0, 0.1) is 0 Å². The fraction of sp³-hybridized carbons (Fsp3) is 0.333. The molecular formula is C15H18BrN3O2. The Kier molecular flexibility index (Phi) is 5.80. The zero-order chi connectivity index (χ0) is 15.1. The number of hydrogen-bond donors (Lipinski definition) is 1. The number of nitrogens with zero attached hydrogens (tertiary/aromatic N) is 2. The van der Waals surface area contributed by atoms with Crippen molar-refractivity contribution in [1.29, 1.82) is 0 Å². The van der Waals surface area contributed by atoms with Crippen LogP contribution in [0.5, 0.6) is 5.75 Å². The van der Waals surface area contributed by atoms with E-state index in [2.05, 4.69) is 26.1 Å². The van der Waals surface area contributed by atoms with Crippen molar-refractivity contribution in [2.24, 2.45) is 0 Å². The second-order valence-electron chi connectivity index (χ2n) is 4.76. The van der Waals surface area contributed by atoms with Crippen molar-refractivity contribution in [2.75, 3.05) is 13.7 Å². The van der Waals surface area contributed by atoms with Crippen molar-refractivity contribution in [3.05, 3.63) is 46.7 Å². The summed E-state index contributed by atoms with van der Waals surface area (Å²) in [7, 11) is 1.80. The minimum atomic E-state index is 0.107. The van der Waals surface area contributed by atoms with Gasteiger partial charge in [0.1, 0.15) is 5.75 Å². The van der Waals surface area contributed by atoms with E-state index in [1.165, 1.54) is 0 Å². The van der Waals surface area contributed by atoms with E-state index in [9.17, 15) is 4.79 Å². The Bertz CT molecular complexity index is 555. The number of carbonyl (C=O) groups is 1. The summed E-state index contributed by atoms with van der Waals surface area (Å²) in [5.74, 6) is 0.924. The molecule has 0 aliphatic rings. The van der Waals surface area contributed by atoms with Crippen molar-refractivity contribution < 1.29 is 9.53 Å². The number of carbonyl (C=O) groups excluding carboxylic acids is 1. The molecule has 0 saturated carbocycles. The minimum Gasteiger partial charge on any atom is -0.494 e. The van der Waals surface area contributed by atoms with Gasteiger partial charge in [-0.1, -0.05) is 15.9 Å². The van der Waals surface area contributed by atoms with Crippen molar-refractivity contribution in [2.45, 2.75) is 19.4 Å². The van der Waals surface area contributed by atoms with E-state index in [-0.39, 0.29) is 5.91 Å². The number of halogens is 1. The molecule has 5 nitrogen and oxygen atoms in total. The molecule has 112 valence electrons. The molecule has 1 aromatic heterocycles. The highest BCUT2D eigenvalue weighted by molar-refractivity contribution is 9.10. The van der Waals surface area contributed by atoms with Gasteiger partial charge < -0.3 is 9.64 Å². The van der Waals surface area contributed by atoms with Crippen LogP contribution in [0.2, 0.25) is 0 Å². The van der Waals surface area contributed by atoms with Crippen LogP contribution in [0.25, 0.3) is 0 Å². The van der Waals surface area contributed by atoms with Gasteiger partial charge in [0.25, 0.3) is 0 Å². The summed E-state index contributed by atoms with van der Waals surface area (Å²) in [6.45, 7) is 1.11. The van der Waals surface area contributed by atoms with Crippen molar-refractivity contribution >= 4 is 21.8 Å². The van der Waals surface area contributed by atoms with E-state index in [1.807, 2.05) is 24.3 Å². The molecule has 21 heavy (non-hydrogen) atoms. The Morgan fingerprint density at radius 1 is 1.38 bits per heavy atom. The topological polar surface area (TPSA) is 58.2 Å². The average molecular weight is 352 g/mol. The fourth-order valence-electron chi connectivity index (χ4n) is 1.86. The summed E-state index contributed by atoms with van der Waals surface area (Å²) >= 11 is 3.37. The number of H-pyrrole nitrogens is 1. The molecule has 1 heterocycles. The second-order valence-corrected chi connectivity index (χ2v) is 5.68. The normalized spacial score (nSPS) is 10.4. The molecule has 0 spiro atoms. The summed E-state index contributed by atoms with van der Waals surface area (Å²) in [5, 5.41) is 6.60. The van der Waals surface area contributed by atoms with E-state index < -0.39 is 0 Å². The van der Waals surface area contributed by atoms with Gasteiger partial charge in [-0.05, 0) is 30.7 Å². The number of ether oxygens (including phenoxy) is 1. The zero-order valence-electron chi connectivity index (χ0n) is 11.9. The van der Waals surface area contributed by atoms with Crippen LogP contribution in [0.3, 0.4) is 0 Å². The summed E-state index contributed by atoms with van der Waals surface area (Å²) < 4.78 is 6.61. The Morgan fingerprint density at radius 3 is 2.81 bits per heavy atom. The van der Waals surface area contributed by atoms with Gasteiger partial charge in [-0.2, -0.15) is 5.10 Å². The molecule has 2 rings (SSSR count). The van der Waals surface area contributed by atoms with Crippen LogP contribution in [0.15, 0.2) is 41.1 Å². The third kappa shape index (κ3) is 5.23. The number of benzene rings is 1. The quantitative estimate of drug-likeness (QED) is 0.780. The first-order valence-corrected chi connectivity index (χ1v) is 7.54. The summed E-state index contributed by atoms with van der Waals surface area (Å²) in [4.78, 5) is 13.7. The van der Waals surface area contributed by atoms with Gasteiger partial charge in [0.05, 0.1) is 12.8 Å². The van der Waals surface area contributed by atoms with Gasteiger partial charge in [-0.15, -0.1) is 0 Å². The number of hydrogen-bond acceptors (Lipinski definition) is 3. The second kappa shape index (κ2) is 7.83. The van der Waals surface area contributed by atoms with Gasteiger partial charge in [0, 0.05) is 36.2 Å². The summed E-state index contributed by atoms with van der Waals surface area (Å²) in [6, 6.07) is 7.66. The highest BCUT2D eigenvalue weighted by atomic mass is 79.9. The summed E-state index contributed by atoms with van der Waals surface area (Å²) in [5.41, 5.74) is 0.997. The van der Waals surface area contributed by atoms with E-state index in [4.69, 9.17) is 4.74 Å². The van der Waals surface area contributed by atoms with E-state index in [0.717, 1.165) is 15.8 Å². The van der Waals surface area contributed by atoms with Gasteiger partial charge in [-0.25, -0.2) is 0 Å². The molecule has 6 heteroatoms. The molecule has 0 unspecified atom stereocenters. The zero-order valence-corrected chi connectivity index (χ0v) is 13.5. The van der Waals surface area contributed by atoms with E-state index >= 15 is 0 Å². The highest BCUT2D eigenvalue weighted by Crippen LogP contribution is 2.16. The molecule has 0 atom stereocenters. The van der Waals surface area contributed by atoms with Crippen molar-refractivity contribution in [3.63, 3.8) is 0 Å². The van der Waals surface area contributed by atoms with Gasteiger partial charge in [0.15, 0.2) is 0 Å². The van der Waals surface area contributed by atoms with Crippen LogP contribution in [0.1, 0.15) is 18.4 Å². The lowest BCUT2D eigenvalue weighted by Crippen LogP contribution is -2.26.